The molecule has 6 nitrogen and oxygen atoms in total. The van der Waals surface area contributed by atoms with Gasteiger partial charge in [0.15, 0.2) is 5.16 Å². The number of hydrazine groups is 1. The van der Waals surface area contributed by atoms with E-state index in [1.54, 1.807) is 18.5 Å². The van der Waals surface area contributed by atoms with E-state index in [-0.39, 0.29) is 6.04 Å². The second-order valence-electron chi connectivity index (χ2n) is 3.92. The normalized spacial score (nSPS) is 11.9. The summed E-state index contributed by atoms with van der Waals surface area (Å²) in [5.74, 6) is 6.72. The van der Waals surface area contributed by atoms with Crippen LogP contribution in [0.5, 0.6) is 0 Å². The molecular weight excluding hydrogens is 260 g/mol. The molecule has 19 heavy (non-hydrogen) atoms. The van der Waals surface area contributed by atoms with E-state index in [1.165, 1.54) is 11.8 Å². The van der Waals surface area contributed by atoms with Crippen LogP contribution in [0.1, 0.15) is 18.5 Å². The third kappa shape index (κ3) is 3.55. The maximum Gasteiger partial charge on any atom is 0.191 e. The van der Waals surface area contributed by atoms with Gasteiger partial charge in [-0.3, -0.25) is 4.98 Å². The molecule has 0 bridgehead atoms. The third-order valence-electron chi connectivity index (χ3n) is 2.61. The summed E-state index contributed by atoms with van der Waals surface area (Å²) in [6.07, 6.45) is 5.47. The molecular formula is C12H16N6S. The maximum atomic E-state index is 5.40. The molecule has 0 amide bonds. The third-order valence-corrected chi connectivity index (χ3v) is 3.15. The molecule has 0 radical (unpaired) electrons. The van der Waals surface area contributed by atoms with Gasteiger partial charge in [-0.1, -0.05) is 11.8 Å². The van der Waals surface area contributed by atoms with Crippen molar-refractivity contribution in [3.8, 4) is 0 Å². The second-order valence-corrected chi connectivity index (χ2v) is 4.69. The largest absolute Gasteiger partial charge is 0.363 e. The summed E-state index contributed by atoms with van der Waals surface area (Å²) in [6, 6.07) is 5.84. The predicted molar refractivity (Wildman–Crippen MR) is 77.9 cm³/mol. The number of hydrogen-bond acceptors (Lipinski definition) is 7. The van der Waals surface area contributed by atoms with Crippen molar-refractivity contribution in [2.75, 3.05) is 17.0 Å². The van der Waals surface area contributed by atoms with Crippen molar-refractivity contribution in [3.05, 3.63) is 36.2 Å². The molecule has 0 spiro atoms. The predicted octanol–water partition coefficient (Wildman–Crippen LogP) is 2.05. The average Bonchev–Trinajstić information content (AvgIpc) is 2.47. The quantitative estimate of drug-likeness (QED) is 0.333. The lowest BCUT2D eigenvalue weighted by molar-refractivity contribution is 0.853. The van der Waals surface area contributed by atoms with Crippen LogP contribution in [0.2, 0.25) is 0 Å². The van der Waals surface area contributed by atoms with Crippen LogP contribution >= 0.6 is 11.8 Å². The molecule has 2 heterocycles. The second kappa shape index (κ2) is 6.35. The molecule has 1 atom stereocenters. The van der Waals surface area contributed by atoms with E-state index < -0.39 is 0 Å². The molecule has 0 saturated heterocycles. The highest BCUT2D eigenvalue weighted by atomic mass is 32.2. The molecule has 0 aliphatic heterocycles. The maximum absolute atomic E-state index is 5.40. The number of aromatic nitrogens is 3. The molecule has 2 rings (SSSR count). The van der Waals surface area contributed by atoms with Crippen LogP contribution in [0, 0.1) is 0 Å². The molecule has 2 aromatic rings. The Hall–Kier alpha value is -1.86. The van der Waals surface area contributed by atoms with Gasteiger partial charge in [-0.2, -0.15) is 0 Å². The number of thioether (sulfide) groups is 1. The van der Waals surface area contributed by atoms with E-state index in [0.717, 1.165) is 11.4 Å². The zero-order chi connectivity index (χ0) is 13.7. The van der Waals surface area contributed by atoms with E-state index in [9.17, 15) is 0 Å². The van der Waals surface area contributed by atoms with Crippen molar-refractivity contribution in [1.29, 1.82) is 0 Å². The van der Waals surface area contributed by atoms with Crippen LogP contribution in [-0.2, 0) is 0 Å². The van der Waals surface area contributed by atoms with Crippen LogP contribution in [0.15, 0.2) is 35.7 Å². The zero-order valence-electron chi connectivity index (χ0n) is 10.8. The van der Waals surface area contributed by atoms with Crippen molar-refractivity contribution in [2.45, 2.75) is 18.1 Å². The molecule has 100 valence electrons. The summed E-state index contributed by atoms with van der Waals surface area (Å²) >= 11 is 1.47. The molecule has 0 aliphatic carbocycles. The number of hydrogen-bond donors (Lipinski definition) is 3. The lowest BCUT2D eigenvalue weighted by atomic mass is 10.1. The highest BCUT2D eigenvalue weighted by Gasteiger charge is 2.08. The number of nitrogens with two attached hydrogens (primary N) is 1. The van der Waals surface area contributed by atoms with Gasteiger partial charge < -0.3 is 10.7 Å². The number of nitrogens with zero attached hydrogens (tertiary/aromatic N) is 3. The fraction of sp³-hybridized carbons (Fsp3) is 0.250. The standard InChI is InChI=1S/C12H16N6S/c1-8(9-3-5-14-6-4-9)15-10-7-11(18-13)17-12(16-10)19-2/h3-8H,13H2,1-2H3,(H2,15,16,17,18). The van der Waals surface area contributed by atoms with Crippen molar-refractivity contribution in [2.24, 2.45) is 5.84 Å². The Morgan fingerprint density at radius 2 is 1.89 bits per heavy atom. The lowest BCUT2D eigenvalue weighted by Crippen LogP contribution is -2.12. The summed E-state index contributed by atoms with van der Waals surface area (Å²) in [7, 11) is 0. The summed E-state index contributed by atoms with van der Waals surface area (Å²) in [4.78, 5) is 12.6. The first-order chi connectivity index (χ1) is 9.22. The van der Waals surface area contributed by atoms with E-state index in [1.807, 2.05) is 18.4 Å². The fourth-order valence-corrected chi connectivity index (χ4v) is 2.00. The minimum absolute atomic E-state index is 0.123. The fourth-order valence-electron chi connectivity index (χ4n) is 1.62. The zero-order valence-corrected chi connectivity index (χ0v) is 11.6. The Kier molecular flexibility index (Phi) is 4.53. The number of nitrogen functional groups attached to an aromatic ring is 1. The Morgan fingerprint density at radius 1 is 1.21 bits per heavy atom. The topological polar surface area (TPSA) is 88.8 Å². The number of anilines is 2. The van der Waals surface area contributed by atoms with Crippen molar-refractivity contribution >= 4 is 23.4 Å². The Morgan fingerprint density at radius 3 is 2.53 bits per heavy atom. The lowest BCUT2D eigenvalue weighted by Gasteiger charge is -2.15. The monoisotopic (exact) mass is 276 g/mol. The van der Waals surface area contributed by atoms with Gasteiger partial charge >= 0.3 is 0 Å². The highest BCUT2D eigenvalue weighted by molar-refractivity contribution is 7.98. The molecule has 0 aliphatic rings. The van der Waals surface area contributed by atoms with E-state index in [0.29, 0.717) is 11.0 Å². The van der Waals surface area contributed by atoms with E-state index >= 15 is 0 Å². The van der Waals surface area contributed by atoms with Gasteiger partial charge in [0.05, 0.1) is 6.04 Å². The average molecular weight is 276 g/mol. The summed E-state index contributed by atoms with van der Waals surface area (Å²) < 4.78 is 0. The summed E-state index contributed by atoms with van der Waals surface area (Å²) in [5.41, 5.74) is 3.68. The minimum atomic E-state index is 0.123. The summed E-state index contributed by atoms with van der Waals surface area (Å²) in [5, 5.41) is 3.99. The van der Waals surface area contributed by atoms with Gasteiger partial charge in [0.1, 0.15) is 11.6 Å². The van der Waals surface area contributed by atoms with Gasteiger partial charge in [-0.15, -0.1) is 0 Å². The minimum Gasteiger partial charge on any atom is -0.363 e. The van der Waals surface area contributed by atoms with E-state index in [4.69, 9.17) is 5.84 Å². The van der Waals surface area contributed by atoms with Crippen LogP contribution in [0.4, 0.5) is 11.6 Å². The molecule has 0 saturated carbocycles. The Labute approximate surface area is 116 Å². The van der Waals surface area contributed by atoms with Crippen LogP contribution in [0.25, 0.3) is 0 Å². The Balaban J connectivity index is 2.18. The smallest absolute Gasteiger partial charge is 0.191 e. The van der Waals surface area contributed by atoms with E-state index in [2.05, 4.69) is 32.6 Å². The first-order valence-corrected chi connectivity index (χ1v) is 7.01. The first kappa shape index (κ1) is 13.6. The number of pyridine rings is 1. The molecule has 7 heteroatoms. The van der Waals surface area contributed by atoms with Gasteiger partial charge in [-0.05, 0) is 30.9 Å². The van der Waals surface area contributed by atoms with Crippen LogP contribution in [0.3, 0.4) is 0 Å². The van der Waals surface area contributed by atoms with Gasteiger partial charge in [0.25, 0.3) is 0 Å². The van der Waals surface area contributed by atoms with Crippen molar-refractivity contribution in [1.82, 2.24) is 15.0 Å². The van der Waals surface area contributed by atoms with Crippen LogP contribution < -0.4 is 16.6 Å². The van der Waals surface area contributed by atoms with Crippen LogP contribution in [-0.4, -0.2) is 21.2 Å². The highest BCUT2D eigenvalue weighted by Crippen LogP contribution is 2.21. The molecule has 1 unspecified atom stereocenters. The molecule has 4 N–H and O–H groups in total. The SMILES string of the molecule is CSc1nc(NN)cc(NC(C)c2ccncc2)n1. The first-order valence-electron chi connectivity index (χ1n) is 5.79. The summed E-state index contributed by atoms with van der Waals surface area (Å²) in [6.45, 7) is 2.06. The molecule has 0 aromatic carbocycles. The molecule has 0 fully saturated rings. The van der Waals surface area contributed by atoms with Crippen molar-refractivity contribution in [3.63, 3.8) is 0 Å². The number of nitrogens with one attached hydrogen (secondary N) is 2. The number of rotatable bonds is 5. The van der Waals surface area contributed by atoms with Gasteiger partial charge in [-0.25, -0.2) is 15.8 Å². The Bertz CT molecular complexity index is 511. The van der Waals surface area contributed by atoms with Gasteiger partial charge in [0, 0.05) is 18.5 Å². The van der Waals surface area contributed by atoms with Gasteiger partial charge in [0.2, 0.25) is 0 Å². The molecule has 2 aromatic heterocycles. The van der Waals surface area contributed by atoms with Crippen molar-refractivity contribution < 1.29 is 0 Å².